The highest BCUT2D eigenvalue weighted by atomic mass is 16.7. The Labute approximate surface area is 117 Å². The number of nitrogens with zero attached hydrogens (tertiary/aromatic N) is 1. The first-order valence-electron chi connectivity index (χ1n) is 6.46. The summed E-state index contributed by atoms with van der Waals surface area (Å²) in [5, 5.41) is 8.82. The second-order valence-electron chi connectivity index (χ2n) is 4.60. The first kappa shape index (κ1) is 14.6. The molecule has 0 aliphatic carbocycles. The third-order valence-electron chi connectivity index (χ3n) is 3.24. The summed E-state index contributed by atoms with van der Waals surface area (Å²) >= 11 is 0. The summed E-state index contributed by atoms with van der Waals surface area (Å²) in [6.07, 6.45) is -0.673. The Kier molecular flexibility index (Phi) is 4.81. The van der Waals surface area contributed by atoms with Crippen LogP contribution in [-0.2, 0) is 15.9 Å². The van der Waals surface area contributed by atoms with Crippen LogP contribution in [0.15, 0.2) is 18.2 Å². The number of carbonyl (C=O) groups is 1. The number of methoxy groups -OCH3 is 1. The van der Waals surface area contributed by atoms with Crippen LogP contribution in [-0.4, -0.2) is 50.0 Å². The van der Waals surface area contributed by atoms with E-state index in [2.05, 4.69) is 0 Å². The van der Waals surface area contributed by atoms with Gasteiger partial charge in [0.05, 0.1) is 20.3 Å². The van der Waals surface area contributed by atoms with Crippen molar-refractivity contribution in [1.82, 2.24) is 4.90 Å². The molecule has 1 fully saturated rings. The standard InChI is InChI=1S/C14H19NO5/c1-15(14(16)17)6-5-10-3-4-11(12(9-10)18-2)13-19-7-8-20-13/h3-4,9,13H,5-8H2,1-2H3,(H,16,17). The van der Waals surface area contributed by atoms with Crippen LogP contribution in [0.5, 0.6) is 5.75 Å². The molecule has 6 nitrogen and oxygen atoms in total. The highest BCUT2D eigenvalue weighted by Crippen LogP contribution is 2.32. The van der Waals surface area contributed by atoms with Crippen LogP contribution in [0.1, 0.15) is 17.4 Å². The fraction of sp³-hybridized carbons (Fsp3) is 0.500. The minimum Gasteiger partial charge on any atom is -0.496 e. The molecule has 0 atom stereocenters. The maximum atomic E-state index is 10.7. The van der Waals surface area contributed by atoms with Gasteiger partial charge in [0.15, 0.2) is 6.29 Å². The van der Waals surface area contributed by atoms with Crippen molar-refractivity contribution in [2.45, 2.75) is 12.7 Å². The van der Waals surface area contributed by atoms with Crippen LogP contribution in [0.4, 0.5) is 4.79 Å². The van der Waals surface area contributed by atoms with Crippen molar-refractivity contribution in [3.63, 3.8) is 0 Å². The van der Waals surface area contributed by atoms with Gasteiger partial charge in [0.2, 0.25) is 0 Å². The minimum absolute atomic E-state index is 0.374. The maximum absolute atomic E-state index is 10.7. The monoisotopic (exact) mass is 281 g/mol. The molecule has 1 aliphatic rings. The zero-order chi connectivity index (χ0) is 14.5. The van der Waals surface area contributed by atoms with Crippen LogP contribution in [0, 0.1) is 0 Å². The van der Waals surface area contributed by atoms with Gasteiger partial charge in [0, 0.05) is 19.2 Å². The van der Waals surface area contributed by atoms with Crippen LogP contribution in [0.25, 0.3) is 0 Å². The van der Waals surface area contributed by atoms with Gasteiger partial charge in [0.25, 0.3) is 0 Å². The molecule has 1 aromatic carbocycles. The molecule has 110 valence electrons. The van der Waals surface area contributed by atoms with E-state index in [9.17, 15) is 4.79 Å². The van der Waals surface area contributed by atoms with E-state index >= 15 is 0 Å². The van der Waals surface area contributed by atoms with E-state index in [0.29, 0.717) is 31.9 Å². The molecule has 1 aromatic rings. The summed E-state index contributed by atoms with van der Waals surface area (Å²) in [4.78, 5) is 12.0. The van der Waals surface area contributed by atoms with Gasteiger partial charge in [0.1, 0.15) is 5.75 Å². The topological polar surface area (TPSA) is 68.2 Å². The zero-order valence-electron chi connectivity index (χ0n) is 11.7. The van der Waals surface area contributed by atoms with E-state index in [1.165, 1.54) is 4.90 Å². The lowest BCUT2D eigenvalue weighted by atomic mass is 10.1. The van der Waals surface area contributed by atoms with Crippen molar-refractivity contribution in [1.29, 1.82) is 0 Å². The molecule has 0 bridgehead atoms. The Morgan fingerprint density at radius 1 is 1.45 bits per heavy atom. The Balaban J connectivity index is 2.06. The predicted octanol–water partition coefficient (Wildman–Crippen LogP) is 1.89. The summed E-state index contributed by atoms with van der Waals surface area (Å²) in [5.41, 5.74) is 1.87. The van der Waals surface area contributed by atoms with Crippen LogP contribution in [0.3, 0.4) is 0 Å². The van der Waals surface area contributed by atoms with Crippen molar-refractivity contribution in [3.8, 4) is 5.75 Å². The predicted molar refractivity (Wildman–Crippen MR) is 72.0 cm³/mol. The Morgan fingerprint density at radius 2 is 2.15 bits per heavy atom. The third-order valence-corrected chi connectivity index (χ3v) is 3.24. The Hall–Kier alpha value is -1.79. The molecule has 6 heteroatoms. The SMILES string of the molecule is COc1cc(CCN(C)C(=O)O)ccc1C1OCCO1. The number of benzene rings is 1. The first-order chi connectivity index (χ1) is 9.61. The van der Waals surface area contributed by atoms with E-state index in [0.717, 1.165) is 11.1 Å². The summed E-state index contributed by atoms with van der Waals surface area (Å²) < 4.78 is 16.3. The number of hydrogen-bond donors (Lipinski definition) is 1. The summed E-state index contributed by atoms with van der Waals surface area (Å²) in [6.45, 7) is 1.60. The third kappa shape index (κ3) is 3.40. The molecule has 0 saturated carbocycles. The van der Waals surface area contributed by atoms with E-state index in [1.54, 1.807) is 14.2 Å². The molecule has 0 aromatic heterocycles. The van der Waals surface area contributed by atoms with Gasteiger partial charge >= 0.3 is 6.09 Å². The normalized spacial score (nSPS) is 15.3. The molecular formula is C14H19NO5. The average Bonchev–Trinajstić information content (AvgIpc) is 2.98. The lowest BCUT2D eigenvalue weighted by Crippen LogP contribution is -2.26. The minimum atomic E-state index is -0.929. The van der Waals surface area contributed by atoms with E-state index in [1.807, 2.05) is 18.2 Å². The highest BCUT2D eigenvalue weighted by molar-refractivity contribution is 5.64. The number of amides is 1. The molecule has 0 spiro atoms. The molecule has 1 heterocycles. The number of likely N-dealkylation sites (N-methyl/N-ethyl adjacent to an activating group) is 1. The van der Waals surface area contributed by atoms with Gasteiger partial charge in [-0.25, -0.2) is 4.79 Å². The first-order valence-corrected chi connectivity index (χ1v) is 6.46. The number of hydrogen-bond acceptors (Lipinski definition) is 4. The smallest absolute Gasteiger partial charge is 0.407 e. The van der Waals surface area contributed by atoms with Gasteiger partial charge in [-0.15, -0.1) is 0 Å². The Bertz CT molecular complexity index is 471. The summed E-state index contributed by atoms with van der Waals surface area (Å²) in [7, 11) is 3.15. The van der Waals surface area contributed by atoms with Crippen molar-refractivity contribution in [2.75, 3.05) is 33.9 Å². The molecule has 0 radical (unpaired) electrons. The van der Waals surface area contributed by atoms with Crippen LogP contribution >= 0.6 is 0 Å². The van der Waals surface area contributed by atoms with E-state index in [4.69, 9.17) is 19.3 Å². The van der Waals surface area contributed by atoms with E-state index < -0.39 is 6.09 Å². The molecule has 1 amide bonds. The highest BCUT2D eigenvalue weighted by Gasteiger charge is 2.22. The molecule has 2 rings (SSSR count). The van der Waals surface area contributed by atoms with Crippen LogP contribution in [0.2, 0.25) is 0 Å². The molecule has 1 saturated heterocycles. The lowest BCUT2D eigenvalue weighted by molar-refractivity contribution is -0.0454. The van der Waals surface area contributed by atoms with Gasteiger partial charge in [-0.3, -0.25) is 0 Å². The van der Waals surface area contributed by atoms with Gasteiger partial charge < -0.3 is 24.2 Å². The van der Waals surface area contributed by atoms with Crippen molar-refractivity contribution in [2.24, 2.45) is 0 Å². The number of ether oxygens (including phenoxy) is 3. The van der Waals surface area contributed by atoms with Crippen LogP contribution < -0.4 is 4.74 Å². The summed E-state index contributed by atoms with van der Waals surface area (Å²) in [6, 6.07) is 5.75. The van der Waals surface area contributed by atoms with E-state index in [-0.39, 0.29) is 6.29 Å². The quantitative estimate of drug-likeness (QED) is 0.892. The molecular weight excluding hydrogens is 262 g/mol. The van der Waals surface area contributed by atoms with Gasteiger partial charge in [-0.1, -0.05) is 6.07 Å². The second kappa shape index (κ2) is 6.58. The molecule has 0 unspecified atom stereocenters. The molecule has 1 N–H and O–H groups in total. The number of carboxylic acid groups (broad SMARTS) is 1. The second-order valence-corrected chi connectivity index (χ2v) is 4.60. The van der Waals surface area contributed by atoms with Gasteiger partial charge in [-0.05, 0) is 24.1 Å². The Morgan fingerprint density at radius 3 is 2.75 bits per heavy atom. The fourth-order valence-electron chi connectivity index (χ4n) is 2.04. The zero-order valence-corrected chi connectivity index (χ0v) is 11.7. The average molecular weight is 281 g/mol. The van der Waals surface area contributed by atoms with Crippen molar-refractivity contribution < 1.29 is 24.1 Å². The fourth-order valence-corrected chi connectivity index (χ4v) is 2.04. The van der Waals surface area contributed by atoms with Crippen molar-refractivity contribution in [3.05, 3.63) is 29.3 Å². The maximum Gasteiger partial charge on any atom is 0.407 e. The number of rotatable bonds is 5. The summed E-state index contributed by atoms with van der Waals surface area (Å²) in [5.74, 6) is 0.701. The molecule has 20 heavy (non-hydrogen) atoms. The van der Waals surface area contributed by atoms with Gasteiger partial charge in [-0.2, -0.15) is 0 Å². The van der Waals surface area contributed by atoms with Crippen molar-refractivity contribution >= 4 is 6.09 Å². The largest absolute Gasteiger partial charge is 0.496 e. The lowest BCUT2D eigenvalue weighted by Gasteiger charge is -2.16. The molecule has 1 aliphatic heterocycles.